The van der Waals surface area contributed by atoms with Crippen molar-refractivity contribution in [1.82, 2.24) is 0 Å². The summed E-state index contributed by atoms with van der Waals surface area (Å²) >= 11 is 12.0. The average Bonchev–Trinajstić information content (AvgIpc) is 2.89. The zero-order chi connectivity index (χ0) is 15.4. The van der Waals surface area contributed by atoms with E-state index in [9.17, 15) is 9.59 Å². The predicted molar refractivity (Wildman–Crippen MR) is 83.0 cm³/mol. The number of fused-ring (bicyclic) bond motifs is 1. The predicted octanol–water partition coefficient (Wildman–Crippen LogP) is 3.62. The minimum absolute atomic E-state index is 0.248. The SMILES string of the molecule is Cc1cc(=O)oc2cc(NC(=O)[C@@]3(C)CC3(Cl)Cl)ccc12. The number of alkyl halides is 2. The van der Waals surface area contributed by atoms with Crippen LogP contribution < -0.4 is 10.9 Å². The molecule has 0 radical (unpaired) electrons. The molecule has 4 nitrogen and oxygen atoms in total. The molecule has 0 bridgehead atoms. The van der Waals surface area contributed by atoms with Crippen LogP contribution in [0.15, 0.2) is 33.5 Å². The van der Waals surface area contributed by atoms with Gasteiger partial charge in [0.05, 0.1) is 5.41 Å². The molecule has 1 aromatic heterocycles. The number of nitrogens with one attached hydrogen (secondary N) is 1. The average molecular weight is 326 g/mol. The number of carbonyl (C=O) groups excluding carboxylic acids is 1. The highest BCUT2D eigenvalue weighted by atomic mass is 35.5. The third-order valence-electron chi connectivity index (χ3n) is 3.97. The van der Waals surface area contributed by atoms with Crippen molar-refractivity contribution in [3.05, 3.63) is 40.2 Å². The summed E-state index contributed by atoms with van der Waals surface area (Å²) in [4.78, 5) is 23.6. The van der Waals surface area contributed by atoms with Crippen molar-refractivity contribution in [2.24, 2.45) is 5.41 Å². The van der Waals surface area contributed by atoms with Crippen LogP contribution in [0.3, 0.4) is 0 Å². The first-order valence-electron chi connectivity index (χ1n) is 6.47. The van der Waals surface area contributed by atoms with Crippen molar-refractivity contribution < 1.29 is 9.21 Å². The summed E-state index contributed by atoms with van der Waals surface area (Å²) in [6.45, 7) is 3.55. The molecule has 0 saturated heterocycles. The summed E-state index contributed by atoms with van der Waals surface area (Å²) in [5, 5.41) is 3.59. The lowest BCUT2D eigenvalue weighted by Crippen LogP contribution is -2.25. The van der Waals surface area contributed by atoms with Crippen molar-refractivity contribution in [3.63, 3.8) is 0 Å². The fourth-order valence-electron chi connectivity index (χ4n) is 2.32. The van der Waals surface area contributed by atoms with Gasteiger partial charge in [0, 0.05) is 23.2 Å². The molecule has 6 heteroatoms. The Labute approximate surface area is 131 Å². The van der Waals surface area contributed by atoms with Gasteiger partial charge in [0.1, 0.15) is 9.92 Å². The van der Waals surface area contributed by atoms with Crippen molar-refractivity contribution in [3.8, 4) is 0 Å². The van der Waals surface area contributed by atoms with Gasteiger partial charge >= 0.3 is 5.63 Å². The lowest BCUT2D eigenvalue weighted by Gasteiger charge is -2.13. The third-order valence-corrected chi connectivity index (χ3v) is 5.07. The quantitative estimate of drug-likeness (QED) is 0.677. The minimum atomic E-state index is -1.02. The molecule has 0 spiro atoms. The molecule has 1 aliphatic carbocycles. The molecule has 1 saturated carbocycles. The van der Waals surface area contributed by atoms with E-state index in [1.54, 1.807) is 25.1 Å². The van der Waals surface area contributed by atoms with Gasteiger partial charge in [-0.05, 0) is 38.0 Å². The molecule has 1 fully saturated rings. The van der Waals surface area contributed by atoms with Gasteiger partial charge < -0.3 is 9.73 Å². The van der Waals surface area contributed by atoms with Crippen LogP contribution >= 0.6 is 23.2 Å². The van der Waals surface area contributed by atoms with Crippen molar-refractivity contribution in [1.29, 1.82) is 0 Å². The van der Waals surface area contributed by atoms with Crippen molar-refractivity contribution >= 4 is 45.8 Å². The highest BCUT2D eigenvalue weighted by Crippen LogP contribution is 2.64. The molecule has 2 aromatic rings. The fraction of sp³-hybridized carbons (Fsp3) is 0.333. The summed E-state index contributed by atoms with van der Waals surface area (Å²) in [6, 6.07) is 6.61. The minimum Gasteiger partial charge on any atom is -0.423 e. The molecule has 110 valence electrons. The lowest BCUT2D eigenvalue weighted by atomic mass is 10.1. The Hall–Kier alpha value is -1.52. The summed E-state index contributed by atoms with van der Waals surface area (Å²) in [5.41, 5.74) is 0.589. The van der Waals surface area contributed by atoms with E-state index in [0.717, 1.165) is 10.9 Å². The van der Waals surface area contributed by atoms with Gasteiger partial charge in [0.15, 0.2) is 0 Å². The Morgan fingerprint density at radius 2 is 2.00 bits per heavy atom. The van der Waals surface area contributed by atoms with E-state index in [1.165, 1.54) is 6.07 Å². The smallest absolute Gasteiger partial charge is 0.336 e. The zero-order valence-electron chi connectivity index (χ0n) is 11.5. The summed E-state index contributed by atoms with van der Waals surface area (Å²) < 4.78 is 4.13. The number of halogens is 2. The number of carbonyl (C=O) groups is 1. The molecular weight excluding hydrogens is 313 g/mol. The van der Waals surface area contributed by atoms with Gasteiger partial charge in [-0.2, -0.15) is 0 Å². The number of benzene rings is 1. The second kappa shape index (κ2) is 4.49. The molecular formula is C15H13Cl2NO3. The zero-order valence-corrected chi connectivity index (χ0v) is 13.0. The number of amides is 1. The maximum atomic E-state index is 12.2. The number of hydrogen-bond acceptors (Lipinski definition) is 3. The normalized spacial score (nSPS) is 23.0. The second-order valence-corrected chi connectivity index (χ2v) is 7.11. The molecule has 3 rings (SSSR count). The van der Waals surface area contributed by atoms with Gasteiger partial charge in [-0.1, -0.05) is 0 Å². The largest absolute Gasteiger partial charge is 0.423 e. The number of anilines is 1. The number of hydrogen-bond donors (Lipinski definition) is 1. The van der Waals surface area contributed by atoms with Crippen LogP contribution in [0.4, 0.5) is 5.69 Å². The molecule has 1 aromatic carbocycles. The highest BCUT2D eigenvalue weighted by Gasteiger charge is 2.67. The van der Waals surface area contributed by atoms with E-state index in [4.69, 9.17) is 27.6 Å². The molecule has 1 heterocycles. The monoisotopic (exact) mass is 325 g/mol. The molecule has 1 N–H and O–H groups in total. The van der Waals surface area contributed by atoms with E-state index in [-0.39, 0.29) is 5.91 Å². The first-order chi connectivity index (χ1) is 9.73. The van der Waals surface area contributed by atoms with E-state index < -0.39 is 15.4 Å². The fourth-order valence-corrected chi connectivity index (χ4v) is 3.02. The van der Waals surface area contributed by atoms with Gasteiger partial charge in [-0.25, -0.2) is 4.79 Å². The molecule has 1 amide bonds. The Kier molecular flexibility index (Phi) is 3.08. The van der Waals surface area contributed by atoms with Crippen molar-refractivity contribution in [2.75, 3.05) is 5.32 Å². The Morgan fingerprint density at radius 3 is 2.62 bits per heavy atom. The van der Waals surface area contributed by atoms with Crippen LogP contribution in [0.25, 0.3) is 11.0 Å². The van der Waals surface area contributed by atoms with Crippen LogP contribution in [0, 0.1) is 12.3 Å². The first kappa shape index (κ1) is 14.4. The van der Waals surface area contributed by atoms with Crippen LogP contribution in [0.2, 0.25) is 0 Å². The maximum absolute atomic E-state index is 12.2. The number of rotatable bonds is 2. The lowest BCUT2D eigenvalue weighted by molar-refractivity contribution is -0.120. The molecule has 0 aliphatic heterocycles. The molecule has 21 heavy (non-hydrogen) atoms. The van der Waals surface area contributed by atoms with Gasteiger partial charge in [-0.3, -0.25) is 4.79 Å². The maximum Gasteiger partial charge on any atom is 0.336 e. The van der Waals surface area contributed by atoms with Gasteiger partial charge in [0.25, 0.3) is 0 Å². The van der Waals surface area contributed by atoms with E-state index in [0.29, 0.717) is 17.7 Å². The van der Waals surface area contributed by atoms with E-state index in [2.05, 4.69) is 5.32 Å². The van der Waals surface area contributed by atoms with Crippen LogP contribution in [-0.4, -0.2) is 10.2 Å². The van der Waals surface area contributed by atoms with E-state index in [1.807, 2.05) is 6.92 Å². The summed E-state index contributed by atoms with van der Waals surface area (Å²) in [7, 11) is 0. The van der Waals surface area contributed by atoms with Crippen LogP contribution in [0.5, 0.6) is 0 Å². The first-order valence-corrected chi connectivity index (χ1v) is 7.22. The van der Waals surface area contributed by atoms with Crippen LogP contribution in [0.1, 0.15) is 18.9 Å². The molecule has 1 aliphatic rings. The topological polar surface area (TPSA) is 59.3 Å². The number of aryl methyl sites for hydroxylation is 1. The van der Waals surface area contributed by atoms with Crippen molar-refractivity contribution in [2.45, 2.75) is 24.6 Å². The third kappa shape index (κ3) is 2.32. The van der Waals surface area contributed by atoms with Gasteiger partial charge in [-0.15, -0.1) is 23.2 Å². The summed E-state index contributed by atoms with van der Waals surface area (Å²) in [5.74, 6) is -0.248. The molecule has 0 unspecified atom stereocenters. The highest BCUT2D eigenvalue weighted by molar-refractivity contribution is 6.53. The second-order valence-electron chi connectivity index (χ2n) is 5.63. The Morgan fingerprint density at radius 1 is 1.33 bits per heavy atom. The Balaban J connectivity index is 1.92. The summed E-state index contributed by atoms with van der Waals surface area (Å²) in [6.07, 6.45) is 0.413. The molecule has 1 atom stereocenters. The van der Waals surface area contributed by atoms with E-state index >= 15 is 0 Å². The standard InChI is InChI=1S/C15H13Cl2NO3/c1-8-5-12(19)21-11-6-9(3-4-10(8)11)18-13(20)14(2)7-15(14,16)17/h3-6H,7H2,1-2H3,(H,18,20)/t14-/m1/s1. The Bertz CT molecular complexity index is 812. The van der Waals surface area contributed by atoms with Crippen LogP contribution in [-0.2, 0) is 4.79 Å². The van der Waals surface area contributed by atoms with Gasteiger partial charge in [0.2, 0.25) is 5.91 Å².